The monoisotopic (exact) mass is 241 g/mol. The van der Waals surface area contributed by atoms with Crippen LogP contribution in [-0.4, -0.2) is 24.2 Å². The molecule has 4 nitrogen and oxygen atoms in total. The largest absolute Gasteiger partial charge is 0.491 e. The second kappa shape index (κ2) is 6.85. The lowest BCUT2D eigenvalue weighted by atomic mass is 10.2. The van der Waals surface area contributed by atoms with Gasteiger partial charge in [-0.25, -0.2) is 4.39 Å². The van der Waals surface area contributed by atoms with Crippen LogP contribution in [0, 0.1) is 5.82 Å². The first-order chi connectivity index (χ1) is 8.17. The Labute approximate surface area is 99.4 Å². The number of anilines is 1. The van der Waals surface area contributed by atoms with Gasteiger partial charge < -0.3 is 15.2 Å². The number of ether oxygens (including phenoxy) is 1. The van der Waals surface area contributed by atoms with E-state index in [2.05, 4.69) is 5.32 Å². The number of benzene rings is 1. The third-order valence-corrected chi connectivity index (χ3v) is 2.08. The summed E-state index contributed by atoms with van der Waals surface area (Å²) < 4.78 is 18.5. The molecule has 17 heavy (non-hydrogen) atoms. The maximum atomic E-state index is 13.4. The third kappa shape index (κ3) is 4.40. The Balaban J connectivity index is 2.60. The van der Waals surface area contributed by atoms with Crippen molar-refractivity contribution in [2.45, 2.75) is 19.8 Å². The molecule has 94 valence electrons. The van der Waals surface area contributed by atoms with E-state index in [-0.39, 0.29) is 24.7 Å². The maximum absolute atomic E-state index is 13.4. The van der Waals surface area contributed by atoms with Gasteiger partial charge >= 0.3 is 0 Å². The van der Waals surface area contributed by atoms with Gasteiger partial charge in [-0.2, -0.15) is 0 Å². The molecule has 0 fully saturated rings. The quantitative estimate of drug-likeness (QED) is 0.800. The van der Waals surface area contributed by atoms with Crippen LogP contribution in [0.25, 0.3) is 0 Å². The molecule has 0 aliphatic heterocycles. The fraction of sp³-hybridized carbons (Fsp3) is 0.417. The van der Waals surface area contributed by atoms with Crippen LogP contribution >= 0.6 is 0 Å². The van der Waals surface area contributed by atoms with Crippen molar-refractivity contribution in [3.8, 4) is 5.75 Å². The number of amides is 1. The molecule has 0 aliphatic carbocycles. The SMILES string of the molecule is CCOc1ccc(NC(=O)CCCO)cc1F. The van der Waals surface area contributed by atoms with Crippen LogP contribution in [0.2, 0.25) is 0 Å². The summed E-state index contributed by atoms with van der Waals surface area (Å²) in [6.07, 6.45) is 0.608. The lowest BCUT2D eigenvalue weighted by Gasteiger charge is -2.08. The van der Waals surface area contributed by atoms with Crippen molar-refractivity contribution in [3.05, 3.63) is 24.0 Å². The predicted molar refractivity (Wildman–Crippen MR) is 62.5 cm³/mol. The van der Waals surface area contributed by atoms with Crippen LogP contribution in [0.5, 0.6) is 5.75 Å². The number of hydrogen-bond acceptors (Lipinski definition) is 3. The molecule has 0 atom stereocenters. The number of rotatable bonds is 6. The van der Waals surface area contributed by atoms with Crippen molar-refractivity contribution < 1.29 is 19.0 Å². The van der Waals surface area contributed by atoms with Crippen LogP contribution in [0.1, 0.15) is 19.8 Å². The highest BCUT2D eigenvalue weighted by Gasteiger charge is 2.06. The number of carbonyl (C=O) groups is 1. The molecule has 0 aliphatic rings. The Morgan fingerprint density at radius 1 is 1.53 bits per heavy atom. The molecule has 1 rings (SSSR count). The van der Waals surface area contributed by atoms with Gasteiger partial charge in [0.1, 0.15) is 0 Å². The molecule has 1 aromatic rings. The molecule has 0 heterocycles. The number of nitrogens with one attached hydrogen (secondary N) is 1. The fourth-order valence-electron chi connectivity index (χ4n) is 1.31. The number of halogens is 1. The van der Waals surface area contributed by atoms with Gasteiger partial charge in [-0.15, -0.1) is 0 Å². The zero-order chi connectivity index (χ0) is 12.7. The number of aliphatic hydroxyl groups excluding tert-OH is 1. The van der Waals surface area contributed by atoms with Crippen molar-refractivity contribution >= 4 is 11.6 Å². The normalized spacial score (nSPS) is 10.1. The van der Waals surface area contributed by atoms with Crippen LogP contribution < -0.4 is 10.1 Å². The highest BCUT2D eigenvalue weighted by atomic mass is 19.1. The van der Waals surface area contributed by atoms with E-state index in [1.54, 1.807) is 13.0 Å². The standard InChI is InChI=1S/C12H16FNO3/c1-2-17-11-6-5-9(8-10(11)13)14-12(16)4-3-7-15/h5-6,8,15H,2-4,7H2,1H3,(H,14,16). The van der Waals surface area contributed by atoms with Gasteiger partial charge in [-0.1, -0.05) is 0 Å². The maximum Gasteiger partial charge on any atom is 0.224 e. The first kappa shape index (κ1) is 13.4. The molecular weight excluding hydrogens is 225 g/mol. The minimum atomic E-state index is -0.508. The van der Waals surface area contributed by atoms with Gasteiger partial charge in [0.15, 0.2) is 11.6 Å². The molecule has 1 aromatic carbocycles. The topological polar surface area (TPSA) is 58.6 Å². The molecular formula is C12H16FNO3. The van der Waals surface area contributed by atoms with Crippen molar-refractivity contribution in [1.29, 1.82) is 0 Å². The van der Waals surface area contributed by atoms with Gasteiger partial charge in [0.2, 0.25) is 5.91 Å². The lowest BCUT2D eigenvalue weighted by Crippen LogP contribution is -2.12. The molecule has 0 saturated carbocycles. The third-order valence-electron chi connectivity index (χ3n) is 2.08. The van der Waals surface area contributed by atoms with E-state index in [4.69, 9.17) is 9.84 Å². The second-order valence-electron chi connectivity index (χ2n) is 3.45. The van der Waals surface area contributed by atoms with Crippen molar-refractivity contribution in [1.82, 2.24) is 0 Å². The summed E-state index contributed by atoms with van der Waals surface area (Å²) in [5.41, 5.74) is 0.383. The fourth-order valence-corrected chi connectivity index (χ4v) is 1.31. The van der Waals surface area contributed by atoms with Gasteiger partial charge in [-0.3, -0.25) is 4.79 Å². The van der Waals surface area contributed by atoms with Crippen molar-refractivity contribution in [3.63, 3.8) is 0 Å². The Morgan fingerprint density at radius 2 is 2.29 bits per heavy atom. The van der Waals surface area contributed by atoms with Gasteiger partial charge in [0.05, 0.1) is 6.61 Å². The summed E-state index contributed by atoms with van der Waals surface area (Å²) in [5.74, 6) is -0.588. The average Bonchev–Trinajstić information content (AvgIpc) is 2.30. The van der Waals surface area contributed by atoms with Crippen LogP contribution in [0.15, 0.2) is 18.2 Å². The van der Waals surface area contributed by atoms with E-state index >= 15 is 0 Å². The van der Waals surface area contributed by atoms with E-state index < -0.39 is 5.82 Å². The number of aliphatic hydroxyl groups is 1. The van der Waals surface area contributed by atoms with Crippen molar-refractivity contribution in [2.75, 3.05) is 18.5 Å². The Morgan fingerprint density at radius 3 is 2.88 bits per heavy atom. The van der Waals surface area contributed by atoms with Crippen molar-refractivity contribution in [2.24, 2.45) is 0 Å². The van der Waals surface area contributed by atoms with Gasteiger partial charge in [-0.05, 0) is 25.5 Å². The summed E-state index contributed by atoms with van der Waals surface area (Å²) in [6, 6.07) is 4.26. The molecule has 1 amide bonds. The zero-order valence-electron chi connectivity index (χ0n) is 9.70. The highest BCUT2D eigenvalue weighted by molar-refractivity contribution is 5.90. The van der Waals surface area contributed by atoms with E-state index in [0.29, 0.717) is 18.7 Å². The Bertz CT molecular complexity index is 382. The summed E-state index contributed by atoms with van der Waals surface area (Å²) in [5, 5.41) is 11.1. The number of carbonyl (C=O) groups excluding carboxylic acids is 1. The van der Waals surface area contributed by atoms with E-state index in [0.717, 1.165) is 0 Å². The molecule has 0 unspecified atom stereocenters. The first-order valence-electron chi connectivity index (χ1n) is 5.50. The molecule has 0 aromatic heterocycles. The summed E-state index contributed by atoms with van der Waals surface area (Å²) in [6.45, 7) is 2.12. The second-order valence-corrected chi connectivity index (χ2v) is 3.45. The Kier molecular flexibility index (Phi) is 5.42. The molecule has 0 radical (unpaired) electrons. The van der Waals surface area contributed by atoms with Crippen LogP contribution in [0.3, 0.4) is 0 Å². The summed E-state index contributed by atoms with van der Waals surface area (Å²) in [4.78, 5) is 11.3. The predicted octanol–water partition coefficient (Wildman–Crippen LogP) is 1.94. The molecule has 0 saturated heterocycles. The summed E-state index contributed by atoms with van der Waals surface area (Å²) in [7, 11) is 0. The number of hydrogen-bond donors (Lipinski definition) is 2. The van der Waals surface area contributed by atoms with Crippen LogP contribution in [-0.2, 0) is 4.79 Å². The smallest absolute Gasteiger partial charge is 0.224 e. The zero-order valence-corrected chi connectivity index (χ0v) is 9.70. The molecule has 0 bridgehead atoms. The minimum Gasteiger partial charge on any atom is -0.491 e. The lowest BCUT2D eigenvalue weighted by molar-refractivity contribution is -0.116. The molecule has 2 N–H and O–H groups in total. The summed E-state index contributed by atoms with van der Waals surface area (Å²) >= 11 is 0. The van der Waals surface area contributed by atoms with Crippen LogP contribution in [0.4, 0.5) is 10.1 Å². The Hall–Kier alpha value is -1.62. The highest BCUT2D eigenvalue weighted by Crippen LogP contribution is 2.21. The van der Waals surface area contributed by atoms with E-state index in [1.165, 1.54) is 12.1 Å². The minimum absolute atomic E-state index is 0.0366. The van der Waals surface area contributed by atoms with Gasteiger partial charge in [0, 0.05) is 24.8 Å². The van der Waals surface area contributed by atoms with E-state index in [1.807, 2.05) is 0 Å². The van der Waals surface area contributed by atoms with E-state index in [9.17, 15) is 9.18 Å². The molecule has 5 heteroatoms. The molecule has 0 spiro atoms. The first-order valence-corrected chi connectivity index (χ1v) is 5.50. The van der Waals surface area contributed by atoms with Gasteiger partial charge in [0.25, 0.3) is 0 Å². The average molecular weight is 241 g/mol.